The number of aryl methyl sites for hydroxylation is 1. The maximum atomic E-state index is 14.3. The lowest BCUT2D eigenvalue weighted by atomic mass is 9.83. The molecule has 1 unspecified atom stereocenters. The highest BCUT2D eigenvalue weighted by molar-refractivity contribution is 6.39. The summed E-state index contributed by atoms with van der Waals surface area (Å²) in [5.41, 5.74) is 27.8. The van der Waals surface area contributed by atoms with Gasteiger partial charge in [-0.2, -0.15) is 0 Å². The molecule has 1 saturated heterocycles. The number of rotatable bonds is 52. The summed E-state index contributed by atoms with van der Waals surface area (Å²) in [7, 11) is 0. The molecule has 2 rings (SSSR count). The van der Waals surface area contributed by atoms with E-state index in [4.69, 9.17) is 47.0 Å². The van der Waals surface area contributed by atoms with E-state index < -0.39 is 119 Å². The summed E-state index contributed by atoms with van der Waals surface area (Å²) in [5.74, 6) is -7.46. The Balaban J connectivity index is 1.91. The number of aliphatic carboxylic acids is 1. The first kappa shape index (κ1) is 80.9. The van der Waals surface area contributed by atoms with E-state index in [9.17, 15) is 53.1 Å². The third-order valence-corrected chi connectivity index (χ3v) is 14.8. The number of unbranched alkanes of at least 4 members (excludes halogenated alkanes) is 2. The summed E-state index contributed by atoms with van der Waals surface area (Å²) in [6.07, 6.45) is 4.73. The molecule has 6 amide bonds. The lowest BCUT2D eigenvalue weighted by Crippen LogP contribution is -2.59. The number of carboxylic acids is 1. The normalized spacial score (nSPS) is 15.4. The van der Waals surface area contributed by atoms with Crippen molar-refractivity contribution in [2.45, 2.75) is 187 Å². The molecule has 0 radical (unpaired) electrons. The number of nitrogens with two attached hydrogens (primary N) is 4. The second kappa shape index (κ2) is 45.2. The van der Waals surface area contributed by atoms with Crippen LogP contribution >= 0.6 is 0 Å². The Morgan fingerprint density at radius 2 is 1.36 bits per heavy atom. The Kier molecular flexibility index (Phi) is 40.1. The largest absolute Gasteiger partial charge is 0.480 e. The monoisotopic (exact) mass is 1300 g/mol. The van der Waals surface area contributed by atoms with Crippen molar-refractivity contribution < 1.29 is 77.1 Å². The molecule has 0 bridgehead atoms. The number of aliphatic hydroxyl groups excluding tert-OH is 1. The van der Waals surface area contributed by atoms with E-state index in [-0.39, 0.29) is 96.2 Å². The number of Topliss-reactive ketones (excluding diaryl/α,β-unsaturated/α-hetero) is 2. The first-order valence-electron chi connectivity index (χ1n) is 31.9. The molecule has 32 nitrogen and oxygen atoms in total. The number of aliphatic hydroxyl groups is 1. The van der Waals surface area contributed by atoms with Crippen molar-refractivity contribution in [1.82, 2.24) is 62.6 Å². The van der Waals surface area contributed by atoms with Crippen LogP contribution in [0.1, 0.15) is 138 Å². The Hall–Kier alpha value is -6.20. The standard InChI is InChI=1S/C59H108N16O16/c1-38(2)34-45(72-66-36-48(78)70-49(39(3)4)54(83)68-43(16-12-22-65-58(62)63)52(81)69-44(56(85)86)15-9-11-21-61)55(84)75-24-13-17-46(75)53(82)67-42(14-8-10-20-60)50(79)47(77)19-18-41-37-74(73-71-41)25-28-89-31-33-90-32-30-88-27-23-64-51(80)40(5)35-59(6,7)57(87)91-29-26-76/h37-40,42-46,49,58,65-66,72,76H,8-36,60-63H2,1-7H3,(H,64,80)(H,67,82)(H,68,83)(H,69,81)(H,70,78)(H,85,86)/t40?,42-,43-,44-,45-,46-,49-/m0/s1. The van der Waals surface area contributed by atoms with Gasteiger partial charge in [0.05, 0.1) is 76.5 Å². The number of ketones is 2. The molecule has 1 aliphatic heterocycles. The molecule has 0 aliphatic carbocycles. The molecule has 1 fully saturated rings. The molecular formula is C59H108N16O16. The summed E-state index contributed by atoms with van der Waals surface area (Å²) >= 11 is 0. The third kappa shape index (κ3) is 32.8. The highest BCUT2D eigenvalue weighted by atomic mass is 16.5. The fourth-order valence-corrected chi connectivity index (χ4v) is 9.88. The maximum absolute atomic E-state index is 14.3. The van der Waals surface area contributed by atoms with E-state index in [0.29, 0.717) is 103 Å². The van der Waals surface area contributed by atoms with Crippen molar-refractivity contribution in [3.8, 4) is 0 Å². The van der Waals surface area contributed by atoms with Crippen LogP contribution in [0.4, 0.5) is 0 Å². The summed E-state index contributed by atoms with van der Waals surface area (Å²) in [6.45, 7) is 15.1. The smallest absolute Gasteiger partial charge is 0.326 e. The summed E-state index contributed by atoms with van der Waals surface area (Å²) < 4.78 is 23.3. The van der Waals surface area contributed by atoms with Gasteiger partial charge in [-0.25, -0.2) is 20.3 Å². The van der Waals surface area contributed by atoms with Crippen LogP contribution in [-0.2, 0) is 79.9 Å². The van der Waals surface area contributed by atoms with E-state index >= 15 is 0 Å². The van der Waals surface area contributed by atoms with Gasteiger partial charge in [0.1, 0.15) is 43.1 Å². The summed E-state index contributed by atoms with van der Waals surface area (Å²) in [4.78, 5) is 134. The highest BCUT2D eigenvalue weighted by Crippen LogP contribution is 2.27. The number of aromatic nitrogens is 3. The lowest BCUT2D eigenvalue weighted by Gasteiger charge is -2.30. The Morgan fingerprint density at radius 1 is 0.736 bits per heavy atom. The average molecular weight is 1300 g/mol. The number of nitrogens with one attached hydrogen (secondary N) is 8. The molecule has 2 heterocycles. The number of carbonyl (C=O) groups is 10. The molecule has 0 saturated carbocycles. The lowest BCUT2D eigenvalue weighted by molar-refractivity contribution is -0.156. The van der Waals surface area contributed by atoms with Gasteiger partial charge >= 0.3 is 11.9 Å². The first-order valence-corrected chi connectivity index (χ1v) is 31.9. The fraction of sp³-hybridized carbons (Fsp3) is 0.797. The molecule has 520 valence electrons. The molecule has 1 aromatic heterocycles. The second-order valence-electron chi connectivity index (χ2n) is 24.1. The van der Waals surface area contributed by atoms with Gasteiger partial charge in [-0.15, -0.1) is 5.10 Å². The Morgan fingerprint density at radius 3 is 1.98 bits per heavy atom. The third-order valence-electron chi connectivity index (χ3n) is 14.8. The van der Waals surface area contributed by atoms with Crippen LogP contribution in [0.2, 0.25) is 0 Å². The average Bonchev–Trinajstić information content (AvgIpc) is 2.44. The van der Waals surface area contributed by atoms with Gasteiger partial charge in [0.2, 0.25) is 47.0 Å². The van der Waals surface area contributed by atoms with Crippen LogP contribution in [0.25, 0.3) is 0 Å². The van der Waals surface area contributed by atoms with Crippen molar-refractivity contribution in [3.63, 3.8) is 0 Å². The predicted molar refractivity (Wildman–Crippen MR) is 334 cm³/mol. The first-order chi connectivity index (χ1) is 43.3. The second-order valence-corrected chi connectivity index (χ2v) is 24.1. The van der Waals surface area contributed by atoms with Crippen molar-refractivity contribution in [2.75, 3.05) is 92.1 Å². The van der Waals surface area contributed by atoms with Gasteiger partial charge in [0.25, 0.3) is 0 Å². The number of hydrazine groups is 1. The number of carbonyl (C=O) groups excluding carboxylic acids is 9. The van der Waals surface area contributed by atoms with Gasteiger partial charge in [0, 0.05) is 38.0 Å². The van der Waals surface area contributed by atoms with Gasteiger partial charge in [0.15, 0.2) is 0 Å². The van der Waals surface area contributed by atoms with E-state index in [2.05, 4.69) is 53.1 Å². The number of likely N-dealkylation sites (tertiary alicyclic amines) is 1. The molecule has 0 aromatic carbocycles. The Labute approximate surface area is 534 Å². The van der Waals surface area contributed by atoms with Crippen LogP contribution in [0.3, 0.4) is 0 Å². The minimum Gasteiger partial charge on any atom is -0.480 e. The summed E-state index contributed by atoms with van der Waals surface area (Å²) in [6, 6.07) is -6.60. The number of ether oxygens (including phenoxy) is 4. The van der Waals surface area contributed by atoms with Gasteiger partial charge in [-0.1, -0.05) is 39.8 Å². The predicted octanol–water partition coefficient (Wildman–Crippen LogP) is -2.89. The van der Waals surface area contributed by atoms with Gasteiger partial charge < -0.3 is 83.6 Å². The van der Waals surface area contributed by atoms with Crippen LogP contribution in [-0.4, -0.2) is 224 Å². The van der Waals surface area contributed by atoms with Crippen molar-refractivity contribution in [1.29, 1.82) is 0 Å². The molecule has 32 heteroatoms. The molecular weight excluding hydrogens is 1190 g/mol. The Bertz CT molecular complexity index is 2380. The van der Waals surface area contributed by atoms with Crippen molar-refractivity contribution in [2.24, 2.45) is 46.1 Å². The zero-order chi connectivity index (χ0) is 67.9. The van der Waals surface area contributed by atoms with Crippen LogP contribution in [0.5, 0.6) is 0 Å². The topological polar surface area (TPSA) is 482 Å². The van der Waals surface area contributed by atoms with E-state index in [1.54, 1.807) is 45.5 Å². The van der Waals surface area contributed by atoms with E-state index in [1.807, 2.05) is 13.8 Å². The molecule has 1 aromatic rings. The number of nitrogens with zero attached hydrogens (tertiary/aromatic N) is 4. The summed E-state index contributed by atoms with van der Waals surface area (Å²) in [5, 5.41) is 43.2. The molecule has 7 atom stereocenters. The zero-order valence-electron chi connectivity index (χ0n) is 54.6. The van der Waals surface area contributed by atoms with Crippen LogP contribution in [0, 0.1) is 23.2 Å². The highest BCUT2D eigenvalue weighted by Gasteiger charge is 2.40. The number of hydrogen-bond acceptors (Lipinski definition) is 24. The zero-order valence-corrected chi connectivity index (χ0v) is 54.6. The van der Waals surface area contributed by atoms with Crippen molar-refractivity contribution in [3.05, 3.63) is 11.9 Å². The van der Waals surface area contributed by atoms with Gasteiger partial charge in [-0.05, 0) is 122 Å². The number of hydrogen-bond donors (Lipinski definition) is 14. The molecule has 0 spiro atoms. The minimum atomic E-state index is -1.24. The maximum Gasteiger partial charge on any atom is 0.326 e. The van der Waals surface area contributed by atoms with Crippen LogP contribution in [0.15, 0.2) is 6.20 Å². The van der Waals surface area contributed by atoms with Gasteiger partial charge in [-0.3, -0.25) is 48.5 Å². The molecule has 1 aliphatic rings. The minimum absolute atomic E-state index is 0.0281. The van der Waals surface area contributed by atoms with Crippen LogP contribution < -0.4 is 65.7 Å². The quantitative estimate of drug-likeness (QED) is 0.0102. The van der Waals surface area contributed by atoms with Crippen molar-refractivity contribution >= 4 is 58.9 Å². The molecule has 91 heavy (non-hydrogen) atoms. The number of esters is 1. The number of carboxylic acid groups (broad SMARTS) is 1. The fourth-order valence-electron chi connectivity index (χ4n) is 9.88. The molecule has 18 N–H and O–H groups in total. The SMILES string of the molecule is CC(C)C[C@H](NNCC(=O)N[C@H](C(=O)N[C@@H](CCCNC(N)N)C(=O)N[C@@H](CCCCN)C(=O)O)C(C)C)C(=O)N1CCC[C@H]1C(=O)N[C@@H](CCCCN)C(=O)C(=O)CCc1cn(CCOCCOCCOCCNC(=O)C(C)CC(C)(C)C(=O)OCCO)nn1. The van der Waals surface area contributed by atoms with E-state index in [0.717, 1.165) is 0 Å². The number of amides is 6. The van der Waals surface area contributed by atoms with E-state index in [1.165, 1.54) is 4.90 Å².